The molecule has 0 radical (unpaired) electrons. The second-order valence-electron chi connectivity index (χ2n) is 2.35. The SMILES string of the molecule is S.c1ccc(Sc2cccs2)cc1. The van der Waals surface area contributed by atoms with Crippen molar-refractivity contribution >= 4 is 36.6 Å². The molecule has 0 unspecified atom stereocenters. The fourth-order valence-corrected chi connectivity index (χ4v) is 2.69. The molecule has 1 heterocycles. The van der Waals surface area contributed by atoms with E-state index in [0.717, 1.165) is 0 Å². The third-order valence-corrected chi connectivity index (χ3v) is 3.50. The lowest BCUT2D eigenvalue weighted by Gasteiger charge is -1.95. The highest BCUT2D eigenvalue weighted by atomic mass is 32.2. The highest BCUT2D eigenvalue weighted by molar-refractivity contribution is 8.01. The van der Waals surface area contributed by atoms with Crippen molar-refractivity contribution in [3.8, 4) is 0 Å². The maximum absolute atomic E-state index is 2.14. The van der Waals surface area contributed by atoms with E-state index in [0.29, 0.717) is 0 Å². The summed E-state index contributed by atoms with van der Waals surface area (Å²) in [5.41, 5.74) is 0. The second kappa shape index (κ2) is 5.37. The Balaban J connectivity index is 0.000000845. The van der Waals surface area contributed by atoms with Crippen LogP contribution in [0.3, 0.4) is 0 Å². The second-order valence-corrected chi connectivity index (χ2v) is 4.67. The predicted octanol–water partition coefficient (Wildman–Crippen LogP) is 4.01. The Morgan fingerprint density at radius 3 is 2.31 bits per heavy atom. The Bertz CT molecular complexity index is 326. The summed E-state index contributed by atoms with van der Waals surface area (Å²) in [5.74, 6) is 0. The van der Waals surface area contributed by atoms with Gasteiger partial charge in [-0.3, -0.25) is 0 Å². The number of rotatable bonds is 2. The molecule has 0 amide bonds. The van der Waals surface area contributed by atoms with Crippen molar-refractivity contribution in [2.45, 2.75) is 9.10 Å². The smallest absolute Gasteiger partial charge is 0.0646 e. The number of hydrogen-bond donors (Lipinski definition) is 0. The Morgan fingerprint density at radius 1 is 0.923 bits per heavy atom. The normalized spacial score (nSPS) is 9.23. The van der Waals surface area contributed by atoms with Crippen LogP contribution in [-0.2, 0) is 0 Å². The van der Waals surface area contributed by atoms with Crippen LogP contribution in [0.25, 0.3) is 0 Å². The van der Waals surface area contributed by atoms with Crippen LogP contribution >= 0.6 is 36.6 Å². The molecule has 2 aromatic rings. The Labute approximate surface area is 93.4 Å². The van der Waals surface area contributed by atoms with Crippen molar-refractivity contribution in [3.05, 3.63) is 47.8 Å². The van der Waals surface area contributed by atoms with E-state index < -0.39 is 0 Å². The summed E-state index contributed by atoms with van der Waals surface area (Å²) in [7, 11) is 0. The number of thiophene rings is 1. The van der Waals surface area contributed by atoms with Crippen LogP contribution in [0.5, 0.6) is 0 Å². The quantitative estimate of drug-likeness (QED) is 0.745. The summed E-state index contributed by atoms with van der Waals surface area (Å²) in [6, 6.07) is 14.7. The van der Waals surface area contributed by atoms with Crippen LogP contribution in [-0.4, -0.2) is 0 Å². The van der Waals surface area contributed by atoms with Crippen molar-refractivity contribution in [2.24, 2.45) is 0 Å². The standard InChI is InChI=1S/C10H8S2.H2S/c1-2-5-9(6-3-1)12-10-7-4-8-11-10;/h1-8H;1H2. The van der Waals surface area contributed by atoms with Gasteiger partial charge in [0, 0.05) is 4.90 Å². The van der Waals surface area contributed by atoms with Gasteiger partial charge in [0.25, 0.3) is 0 Å². The zero-order valence-corrected chi connectivity index (χ0v) is 9.57. The van der Waals surface area contributed by atoms with Crippen molar-refractivity contribution < 1.29 is 0 Å². The van der Waals surface area contributed by atoms with E-state index in [1.54, 1.807) is 11.3 Å². The van der Waals surface area contributed by atoms with Crippen molar-refractivity contribution in [3.63, 3.8) is 0 Å². The maximum atomic E-state index is 2.14. The molecule has 0 nitrogen and oxygen atoms in total. The third-order valence-electron chi connectivity index (χ3n) is 1.46. The van der Waals surface area contributed by atoms with Crippen LogP contribution in [0, 0.1) is 0 Å². The Morgan fingerprint density at radius 2 is 1.69 bits per heavy atom. The summed E-state index contributed by atoms with van der Waals surface area (Å²) < 4.78 is 1.35. The predicted molar refractivity (Wildman–Crippen MR) is 65.3 cm³/mol. The first kappa shape index (κ1) is 10.7. The first-order valence-electron chi connectivity index (χ1n) is 3.71. The van der Waals surface area contributed by atoms with Gasteiger partial charge in [0.1, 0.15) is 0 Å². The van der Waals surface area contributed by atoms with Gasteiger partial charge in [0.15, 0.2) is 0 Å². The molecule has 68 valence electrons. The molecule has 0 aliphatic rings. The van der Waals surface area contributed by atoms with Crippen LogP contribution in [0.15, 0.2) is 56.9 Å². The van der Waals surface area contributed by atoms with Crippen molar-refractivity contribution in [1.29, 1.82) is 0 Å². The zero-order chi connectivity index (χ0) is 8.23. The van der Waals surface area contributed by atoms with Gasteiger partial charge >= 0.3 is 0 Å². The van der Waals surface area contributed by atoms with Gasteiger partial charge in [-0.05, 0) is 23.6 Å². The molecule has 3 heteroatoms. The van der Waals surface area contributed by atoms with Gasteiger partial charge < -0.3 is 0 Å². The fourth-order valence-electron chi connectivity index (χ4n) is 0.926. The summed E-state index contributed by atoms with van der Waals surface area (Å²) in [4.78, 5) is 1.31. The molecule has 1 aromatic carbocycles. The number of hydrogen-bond acceptors (Lipinski definition) is 2. The maximum Gasteiger partial charge on any atom is 0.0646 e. The van der Waals surface area contributed by atoms with Gasteiger partial charge in [-0.1, -0.05) is 36.0 Å². The topological polar surface area (TPSA) is 0 Å². The zero-order valence-electron chi connectivity index (χ0n) is 6.94. The van der Waals surface area contributed by atoms with Crippen LogP contribution in [0.4, 0.5) is 0 Å². The van der Waals surface area contributed by atoms with E-state index in [1.165, 1.54) is 9.10 Å². The van der Waals surface area contributed by atoms with E-state index in [2.05, 4.69) is 41.8 Å². The average Bonchev–Trinajstić information content (AvgIpc) is 2.59. The minimum absolute atomic E-state index is 0. The molecule has 0 saturated carbocycles. The Hall–Kier alpha value is -0.380. The summed E-state index contributed by atoms with van der Waals surface area (Å²) in [5, 5.41) is 2.10. The minimum atomic E-state index is 0. The van der Waals surface area contributed by atoms with E-state index >= 15 is 0 Å². The van der Waals surface area contributed by atoms with Gasteiger partial charge in [-0.2, -0.15) is 13.5 Å². The minimum Gasteiger partial charge on any atom is -0.197 e. The lowest BCUT2D eigenvalue weighted by atomic mass is 10.4. The fraction of sp³-hybridized carbons (Fsp3) is 0. The molecule has 0 aliphatic carbocycles. The molecule has 0 atom stereocenters. The van der Waals surface area contributed by atoms with Gasteiger partial charge in [0.2, 0.25) is 0 Å². The first-order valence-corrected chi connectivity index (χ1v) is 5.41. The molecule has 0 saturated heterocycles. The van der Waals surface area contributed by atoms with E-state index in [-0.39, 0.29) is 13.5 Å². The monoisotopic (exact) mass is 226 g/mol. The molecular formula is C10H10S3. The first-order chi connectivity index (χ1) is 5.95. The van der Waals surface area contributed by atoms with Gasteiger partial charge in [-0.15, -0.1) is 11.3 Å². The van der Waals surface area contributed by atoms with Gasteiger partial charge in [0.05, 0.1) is 4.21 Å². The van der Waals surface area contributed by atoms with E-state index in [9.17, 15) is 0 Å². The summed E-state index contributed by atoms with van der Waals surface area (Å²) >= 11 is 3.59. The molecule has 0 bridgehead atoms. The third kappa shape index (κ3) is 3.10. The van der Waals surface area contributed by atoms with E-state index in [4.69, 9.17) is 0 Å². The molecular weight excluding hydrogens is 216 g/mol. The highest BCUT2D eigenvalue weighted by Crippen LogP contribution is 2.30. The Kier molecular flexibility index (Phi) is 4.42. The van der Waals surface area contributed by atoms with Crippen molar-refractivity contribution in [2.75, 3.05) is 0 Å². The molecule has 0 spiro atoms. The van der Waals surface area contributed by atoms with Crippen LogP contribution in [0.1, 0.15) is 0 Å². The highest BCUT2D eigenvalue weighted by Gasteiger charge is 1.95. The summed E-state index contributed by atoms with van der Waals surface area (Å²) in [6.07, 6.45) is 0. The lowest BCUT2D eigenvalue weighted by Crippen LogP contribution is -1.65. The number of benzene rings is 1. The molecule has 0 N–H and O–H groups in total. The van der Waals surface area contributed by atoms with Crippen LogP contribution in [0.2, 0.25) is 0 Å². The molecule has 0 fully saturated rings. The van der Waals surface area contributed by atoms with Gasteiger partial charge in [-0.25, -0.2) is 0 Å². The molecule has 0 aliphatic heterocycles. The largest absolute Gasteiger partial charge is 0.197 e. The molecule has 2 rings (SSSR count). The average molecular weight is 226 g/mol. The van der Waals surface area contributed by atoms with Crippen molar-refractivity contribution in [1.82, 2.24) is 0 Å². The summed E-state index contributed by atoms with van der Waals surface area (Å²) in [6.45, 7) is 0. The lowest BCUT2D eigenvalue weighted by molar-refractivity contribution is 1.46. The van der Waals surface area contributed by atoms with Crippen LogP contribution < -0.4 is 0 Å². The van der Waals surface area contributed by atoms with E-state index in [1.807, 2.05) is 17.8 Å². The molecule has 1 aromatic heterocycles. The molecule has 13 heavy (non-hydrogen) atoms.